The molecule has 9 nitrogen and oxygen atoms in total. The van der Waals surface area contributed by atoms with Gasteiger partial charge < -0.3 is 14.8 Å². The van der Waals surface area contributed by atoms with E-state index in [1.807, 2.05) is 11.0 Å². The lowest BCUT2D eigenvalue weighted by atomic mass is 9.98. The third kappa shape index (κ3) is 4.69. The Morgan fingerprint density at radius 1 is 0.974 bits per heavy atom. The van der Waals surface area contributed by atoms with Gasteiger partial charge in [-0.05, 0) is 23.8 Å². The minimum atomic E-state index is -4.70. The van der Waals surface area contributed by atoms with Crippen LogP contribution < -0.4 is 10.5 Å². The zero-order valence-corrected chi connectivity index (χ0v) is 20.5. The van der Waals surface area contributed by atoms with E-state index in [1.165, 1.54) is 17.0 Å². The zero-order valence-electron chi connectivity index (χ0n) is 20.5. The van der Waals surface area contributed by atoms with Crippen LogP contribution in [0, 0.1) is 0 Å². The van der Waals surface area contributed by atoms with Crippen LogP contribution in [0.25, 0.3) is 21.8 Å². The summed E-state index contributed by atoms with van der Waals surface area (Å²) < 4.78 is 41.8. The lowest BCUT2D eigenvalue weighted by Crippen LogP contribution is -2.49. The first-order chi connectivity index (χ1) is 18.8. The number of imidazole rings is 1. The Hall–Kier alpha value is -4.74. The van der Waals surface area contributed by atoms with E-state index < -0.39 is 23.2 Å². The summed E-state index contributed by atoms with van der Waals surface area (Å²) in [6, 6.07) is 12.3. The molecule has 1 saturated heterocycles. The molecular weight excluding hydrogens is 511 g/mol. The Morgan fingerprint density at radius 3 is 2.51 bits per heavy atom. The minimum Gasteiger partial charge on any atom is -0.353 e. The molecule has 4 heterocycles. The molecule has 0 unspecified atom stereocenters. The number of rotatable bonds is 4. The maximum atomic E-state index is 13.9. The van der Waals surface area contributed by atoms with Crippen LogP contribution in [0.3, 0.4) is 0 Å². The SMILES string of the molecule is O=C(c1cc(Cc2n[nH]c(=O)c3ccccc23)ccc1C(F)(F)F)N1CCN(c2cc3nc[nH]c3cn2)CC1. The molecule has 1 aliphatic rings. The van der Waals surface area contributed by atoms with Gasteiger partial charge in [-0.1, -0.05) is 24.3 Å². The molecule has 0 spiro atoms. The number of alkyl halides is 3. The van der Waals surface area contributed by atoms with Gasteiger partial charge in [-0.3, -0.25) is 9.59 Å². The van der Waals surface area contributed by atoms with E-state index in [4.69, 9.17) is 0 Å². The fourth-order valence-electron chi connectivity index (χ4n) is 4.93. The molecule has 39 heavy (non-hydrogen) atoms. The van der Waals surface area contributed by atoms with E-state index in [0.29, 0.717) is 40.9 Å². The third-order valence-electron chi connectivity index (χ3n) is 6.95. The summed E-state index contributed by atoms with van der Waals surface area (Å²) in [5, 5.41) is 7.59. The molecule has 12 heteroatoms. The quantitative estimate of drug-likeness (QED) is 0.364. The van der Waals surface area contributed by atoms with Crippen LogP contribution in [0.4, 0.5) is 19.0 Å². The molecule has 5 aromatic rings. The number of pyridine rings is 1. The van der Waals surface area contributed by atoms with Crippen LogP contribution in [0.15, 0.2) is 65.8 Å². The second-order valence-corrected chi connectivity index (χ2v) is 9.34. The Balaban J connectivity index is 1.26. The smallest absolute Gasteiger partial charge is 0.353 e. The second-order valence-electron chi connectivity index (χ2n) is 9.34. The predicted molar refractivity (Wildman–Crippen MR) is 139 cm³/mol. The lowest BCUT2D eigenvalue weighted by molar-refractivity contribution is -0.138. The normalized spacial score (nSPS) is 14.3. The van der Waals surface area contributed by atoms with Crippen molar-refractivity contribution in [3.8, 4) is 0 Å². The van der Waals surface area contributed by atoms with E-state index in [-0.39, 0.29) is 25.1 Å². The van der Waals surface area contributed by atoms with Crippen molar-refractivity contribution in [2.24, 2.45) is 0 Å². The van der Waals surface area contributed by atoms with Gasteiger partial charge in [0.25, 0.3) is 11.5 Å². The number of hydrogen-bond acceptors (Lipinski definition) is 6. The van der Waals surface area contributed by atoms with Gasteiger partial charge in [0, 0.05) is 44.1 Å². The van der Waals surface area contributed by atoms with E-state index in [0.717, 1.165) is 17.1 Å². The van der Waals surface area contributed by atoms with E-state index in [9.17, 15) is 22.8 Å². The summed E-state index contributed by atoms with van der Waals surface area (Å²) in [5.74, 6) is 0.0131. The molecular formula is C27H22F3N7O2. The molecule has 6 rings (SSSR count). The number of fused-ring (bicyclic) bond motifs is 2. The maximum Gasteiger partial charge on any atom is 0.417 e. The van der Waals surface area contributed by atoms with Gasteiger partial charge in [-0.2, -0.15) is 18.3 Å². The Labute approximate surface area is 219 Å². The van der Waals surface area contributed by atoms with E-state index in [2.05, 4.69) is 25.1 Å². The van der Waals surface area contributed by atoms with Crippen molar-refractivity contribution in [2.45, 2.75) is 12.6 Å². The number of aromatic amines is 2. The van der Waals surface area contributed by atoms with Crippen LogP contribution >= 0.6 is 0 Å². The summed E-state index contributed by atoms with van der Waals surface area (Å²) in [6.07, 6.45) is -1.30. The lowest BCUT2D eigenvalue weighted by Gasteiger charge is -2.35. The average molecular weight is 534 g/mol. The molecule has 2 N–H and O–H groups in total. The number of amides is 1. The summed E-state index contributed by atoms with van der Waals surface area (Å²) in [6.45, 7) is 1.32. The van der Waals surface area contributed by atoms with Gasteiger partial charge in [-0.15, -0.1) is 0 Å². The number of hydrogen-bond donors (Lipinski definition) is 2. The molecule has 1 aliphatic heterocycles. The molecule has 0 bridgehead atoms. The largest absolute Gasteiger partial charge is 0.417 e. The molecule has 198 valence electrons. The average Bonchev–Trinajstić information content (AvgIpc) is 3.42. The van der Waals surface area contributed by atoms with Crippen molar-refractivity contribution in [1.82, 2.24) is 30.0 Å². The topological polar surface area (TPSA) is 111 Å². The first kappa shape index (κ1) is 24.6. The van der Waals surface area contributed by atoms with Crippen molar-refractivity contribution < 1.29 is 18.0 Å². The molecule has 1 fully saturated rings. The van der Waals surface area contributed by atoms with Crippen LogP contribution in [-0.2, 0) is 12.6 Å². The highest BCUT2D eigenvalue weighted by Gasteiger charge is 2.37. The van der Waals surface area contributed by atoms with Crippen LogP contribution in [0.5, 0.6) is 0 Å². The Morgan fingerprint density at radius 2 is 1.74 bits per heavy atom. The summed E-state index contributed by atoms with van der Waals surface area (Å²) in [7, 11) is 0. The molecule has 3 aromatic heterocycles. The monoisotopic (exact) mass is 533 g/mol. The molecule has 2 aromatic carbocycles. The predicted octanol–water partition coefficient (Wildman–Crippen LogP) is 3.77. The third-order valence-corrected chi connectivity index (χ3v) is 6.95. The van der Waals surface area contributed by atoms with Gasteiger partial charge in [-0.25, -0.2) is 15.1 Å². The fraction of sp³-hybridized carbons (Fsp3) is 0.222. The van der Waals surface area contributed by atoms with Crippen LogP contribution in [0.1, 0.15) is 27.2 Å². The number of benzene rings is 2. The second kappa shape index (κ2) is 9.53. The molecule has 0 aliphatic carbocycles. The van der Waals surface area contributed by atoms with Crippen LogP contribution in [-0.4, -0.2) is 62.1 Å². The summed E-state index contributed by atoms with van der Waals surface area (Å²) in [5.41, 5.74) is 0.801. The highest BCUT2D eigenvalue weighted by Crippen LogP contribution is 2.34. The standard InChI is InChI=1S/C27H22F3N7O2/c28-27(29,30)20-6-5-16(12-21-17-3-1-2-4-18(17)25(38)35-34-21)11-19(20)26(39)37-9-7-36(8-10-37)24-13-22-23(14-31-24)33-15-32-22/h1-6,11,13-15H,7-10,12H2,(H,32,33)(H,35,38). The van der Waals surface area contributed by atoms with Crippen molar-refractivity contribution in [2.75, 3.05) is 31.1 Å². The van der Waals surface area contributed by atoms with Gasteiger partial charge in [0.15, 0.2) is 0 Å². The molecule has 0 radical (unpaired) electrons. The van der Waals surface area contributed by atoms with E-state index in [1.54, 1.807) is 36.8 Å². The highest BCUT2D eigenvalue weighted by atomic mass is 19.4. The van der Waals surface area contributed by atoms with Gasteiger partial charge in [0.1, 0.15) is 5.82 Å². The number of carbonyl (C=O) groups is 1. The minimum absolute atomic E-state index is 0.144. The molecule has 1 amide bonds. The summed E-state index contributed by atoms with van der Waals surface area (Å²) in [4.78, 5) is 40.6. The first-order valence-electron chi connectivity index (χ1n) is 12.3. The number of aromatic nitrogens is 5. The van der Waals surface area contributed by atoms with E-state index >= 15 is 0 Å². The van der Waals surface area contributed by atoms with Crippen molar-refractivity contribution in [3.63, 3.8) is 0 Å². The maximum absolute atomic E-state index is 13.9. The van der Waals surface area contributed by atoms with Crippen LogP contribution in [0.2, 0.25) is 0 Å². The number of carbonyl (C=O) groups excluding carboxylic acids is 1. The number of H-pyrrole nitrogens is 2. The number of nitrogens with one attached hydrogen (secondary N) is 2. The first-order valence-corrected chi connectivity index (χ1v) is 12.3. The van der Waals surface area contributed by atoms with Crippen molar-refractivity contribution in [1.29, 1.82) is 0 Å². The highest BCUT2D eigenvalue weighted by molar-refractivity contribution is 5.96. The number of halogens is 3. The zero-order chi connectivity index (χ0) is 27.1. The number of anilines is 1. The van der Waals surface area contributed by atoms with Crippen molar-refractivity contribution in [3.05, 3.63) is 93.8 Å². The summed E-state index contributed by atoms with van der Waals surface area (Å²) >= 11 is 0. The molecule has 0 atom stereocenters. The Bertz CT molecular complexity index is 1750. The van der Waals surface area contributed by atoms with Gasteiger partial charge in [0.05, 0.1) is 45.8 Å². The Kier molecular flexibility index (Phi) is 6.01. The number of nitrogens with zero attached hydrogens (tertiary/aromatic N) is 5. The fourth-order valence-corrected chi connectivity index (χ4v) is 4.93. The van der Waals surface area contributed by atoms with Crippen molar-refractivity contribution >= 4 is 33.5 Å². The van der Waals surface area contributed by atoms with Gasteiger partial charge in [0.2, 0.25) is 0 Å². The van der Waals surface area contributed by atoms with Gasteiger partial charge >= 0.3 is 6.18 Å². The number of piperazine rings is 1. The molecule has 0 saturated carbocycles.